The average Bonchev–Trinajstić information content (AvgIpc) is 2.82. The highest BCUT2D eigenvalue weighted by Crippen LogP contribution is 2.40. The zero-order valence-electron chi connectivity index (χ0n) is 21.5. The third-order valence-electron chi connectivity index (χ3n) is 6.42. The van der Waals surface area contributed by atoms with Crippen LogP contribution in [0.2, 0.25) is 10.0 Å². The van der Waals surface area contributed by atoms with E-state index in [0.29, 0.717) is 22.5 Å². The number of carbonyl (C=O) groups excluding carboxylic acids is 2. The molecule has 38 heavy (non-hydrogen) atoms. The standard InChI is InChI=1S/C27H27Cl2N3O5S/c1-15-10-16(2)26(17(3)11-15)38(35,36)32-22-9-7-6-8-21(22)30-27(34)23(32)14-24(33)31(4)18-12-19(28)25(37-5)20(29)13-18/h6-13,23H,14H2,1-5H3,(H,30,34). The van der Waals surface area contributed by atoms with Gasteiger partial charge in [0.05, 0.1) is 39.8 Å². The second-order valence-electron chi connectivity index (χ2n) is 9.15. The number of ether oxygens (including phenoxy) is 1. The molecule has 1 unspecified atom stereocenters. The topological polar surface area (TPSA) is 96.0 Å². The summed E-state index contributed by atoms with van der Waals surface area (Å²) in [6.45, 7) is 5.32. The first kappa shape index (κ1) is 27.8. The number of fused-ring (bicyclic) bond motifs is 1. The third kappa shape index (κ3) is 4.93. The number of amides is 2. The van der Waals surface area contributed by atoms with E-state index < -0.39 is 34.3 Å². The summed E-state index contributed by atoms with van der Waals surface area (Å²) in [5.41, 5.74) is 3.01. The molecule has 200 valence electrons. The normalized spacial score (nSPS) is 15.1. The van der Waals surface area contributed by atoms with Gasteiger partial charge in [-0.15, -0.1) is 0 Å². The van der Waals surface area contributed by atoms with Gasteiger partial charge in [-0.05, 0) is 56.2 Å². The van der Waals surface area contributed by atoms with Crippen LogP contribution in [-0.2, 0) is 19.6 Å². The molecule has 1 heterocycles. The zero-order valence-corrected chi connectivity index (χ0v) is 23.8. The molecule has 0 radical (unpaired) electrons. The summed E-state index contributed by atoms with van der Waals surface area (Å²) in [6.07, 6.45) is -0.429. The summed E-state index contributed by atoms with van der Waals surface area (Å²) < 4.78 is 34.7. The number of nitrogens with one attached hydrogen (secondary N) is 1. The largest absolute Gasteiger partial charge is 0.494 e. The summed E-state index contributed by atoms with van der Waals surface area (Å²) in [5, 5.41) is 3.15. The number of carbonyl (C=O) groups is 2. The zero-order chi connectivity index (χ0) is 27.9. The minimum absolute atomic E-state index is 0.104. The van der Waals surface area contributed by atoms with Crippen molar-refractivity contribution < 1.29 is 22.7 Å². The van der Waals surface area contributed by atoms with Gasteiger partial charge in [-0.25, -0.2) is 8.42 Å². The highest BCUT2D eigenvalue weighted by Gasteiger charge is 2.43. The molecular weight excluding hydrogens is 549 g/mol. The third-order valence-corrected chi connectivity index (χ3v) is 9.11. The van der Waals surface area contributed by atoms with E-state index in [1.165, 1.54) is 31.2 Å². The van der Waals surface area contributed by atoms with Gasteiger partial charge in [0, 0.05) is 12.7 Å². The van der Waals surface area contributed by atoms with Crippen LogP contribution in [0.15, 0.2) is 53.4 Å². The summed E-state index contributed by atoms with van der Waals surface area (Å²) in [4.78, 5) is 28.1. The lowest BCUT2D eigenvalue weighted by molar-refractivity contribution is -0.123. The molecule has 0 aliphatic carbocycles. The van der Waals surface area contributed by atoms with Crippen molar-refractivity contribution in [3.63, 3.8) is 0 Å². The molecule has 8 nitrogen and oxygen atoms in total. The van der Waals surface area contributed by atoms with Gasteiger partial charge in [0.1, 0.15) is 6.04 Å². The van der Waals surface area contributed by atoms with E-state index in [1.807, 2.05) is 6.92 Å². The van der Waals surface area contributed by atoms with Crippen molar-refractivity contribution in [2.45, 2.75) is 38.1 Å². The highest BCUT2D eigenvalue weighted by atomic mass is 35.5. The Balaban J connectivity index is 1.78. The minimum Gasteiger partial charge on any atom is -0.494 e. The number of nitrogens with zero attached hydrogens (tertiary/aromatic N) is 2. The van der Waals surface area contributed by atoms with Crippen LogP contribution in [0.5, 0.6) is 5.75 Å². The maximum absolute atomic E-state index is 14.2. The molecule has 1 aliphatic rings. The molecule has 3 aromatic carbocycles. The van der Waals surface area contributed by atoms with E-state index in [4.69, 9.17) is 27.9 Å². The Morgan fingerprint density at radius 1 is 1.05 bits per heavy atom. The lowest BCUT2D eigenvalue weighted by atomic mass is 10.1. The fourth-order valence-corrected chi connectivity index (χ4v) is 7.47. The Morgan fingerprint density at radius 2 is 1.63 bits per heavy atom. The number of hydrogen-bond donors (Lipinski definition) is 1. The lowest BCUT2D eigenvalue weighted by Gasteiger charge is -2.37. The van der Waals surface area contributed by atoms with E-state index in [0.717, 1.165) is 9.87 Å². The van der Waals surface area contributed by atoms with E-state index in [-0.39, 0.29) is 26.4 Å². The summed E-state index contributed by atoms with van der Waals surface area (Å²) in [7, 11) is -1.33. The van der Waals surface area contributed by atoms with Gasteiger partial charge in [-0.1, -0.05) is 53.0 Å². The van der Waals surface area contributed by atoms with Crippen LogP contribution in [0, 0.1) is 20.8 Å². The Kier molecular flexibility index (Phi) is 7.65. The molecule has 4 rings (SSSR count). The Bertz CT molecular complexity index is 1510. The van der Waals surface area contributed by atoms with Gasteiger partial charge in [-0.3, -0.25) is 13.9 Å². The summed E-state index contributed by atoms with van der Waals surface area (Å²) in [5.74, 6) is -0.857. The van der Waals surface area contributed by atoms with Crippen LogP contribution >= 0.6 is 23.2 Å². The van der Waals surface area contributed by atoms with Crippen LogP contribution in [0.3, 0.4) is 0 Å². The van der Waals surface area contributed by atoms with Crippen LogP contribution in [0.1, 0.15) is 23.1 Å². The summed E-state index contributed by atoms with van der Waals surface area (Å²) >= 11 is 12.5. The Labute approximate surface area is 232 Å². The number of anilines is 3. The van der Waals surface area contributed by atoms with Gasteiger partial charge in [0.2, 0.25) is 11.8 Å². The fourth-order valence-electron chi connectivity index (χ4n) is 4.79. The van der Waals surface area contributed by atoms with Crippen molar-refractivity contribution in [1.82, 2.24) is 0 Å². The van der Waals surface area contributed by atoms with Gasteiger partial charge in [0.25, 0.3) is 10.0 Å². The van der Waals surface area contributed by atoms with Crippen molar-refractivity contribution in [3.8, 4) is 5.75 Å². The number of para-hydroxylation sites is 2. The first-order valence-corrected chi connectivity index (χ1v) is 13.9. The van der Waals surface area contributed by atoms with Crippen molar-refractivity contribution in [1.29, 1.82) is 0 Å². The number of sulfonamides is 1. The number of halogens is 2. The number of aryl methyl sites for hydroxylation is 3. The molecular formula is C27H27Cl2N3O5S. The number of benzene rings is 3. The molecule has 0 spiro atoms. The predicted molar refractivity (Wildman–Crippen MR) is 150 cm³/mol. The van der Waals surface area contributed by atoms with Gasteiger partial charge in [0.15, 0.2) is 5.75 Å². The molecule has 1 N–H and O–H groups in total. The van der Waals surface area contributed by atoms with Crippen molar-refractivity contribution in [2.24, 2.45) is 0 Å². The fraction of sp³-hybridized carbons (Fsp3) is 0.259. The van der Waals surface area contributed by atoms with E-state index in [9.17, 15) is 18.0 Å². The molecule has 0 fully saturated rings. The SMILES string of the molecule is COc1c(Cl)cc(N(C)C(=O)CC2C(=O)Nc3ccccc3N2S(=O)(=O)c2c(C)cc(C)cc2C)cc1Cl. The van der Waals surface area contributed by atoms with Crippen molar-refractivity contribution in [2.75, 3.05) is 28.7 Å². The molecule has 1 aliphatic heterocycles. The number of methoxy groups -OCH3 is 1. The molecule has 3 aromatic rings. The quantitative estimate of drug-likeness (QED) is 0.419. The van der Waals surface area contributed by atoms with Gasteiger partial charge in [-0.2, -0.15) is 0 Å². The van der Waals surface area contributed by atoms with Crippen LogP contribution in [0.25, 0.3) is 0 Å². The number of hydrogen-bond acceptors (Lipinski definition) is 5. The molecule has 0 aromatic heterocycles. The summed E-state index contributed by atoms with van der Waals surface area (Å²) in [6, 6.07) is 11.8. The Morgan fingerprint density at radius 3 is 2.21 bits per heavy atom. The van der Waals surface area contributed by atoms with Crippen LogP contribution in [0.4, 0.5) is 17.1 Å². The molecule has 0 bridgehead atoms. The van der Waals surface area contributed by atoms with Gasteiger partial charge >= 0.3 is 0 Å². The van der Waals surface area contributed by atoms with Crippen LogP contribution in [-0.4, -0.2) is 40.4 Å². The molecule has 0 saturated carbocycles. The van der Waals surface area contributed by atoms with E-state index in [1.54, 1.807) is 50.2 Å². The number of rotatable bonds is 6. The smallest absolute Gasteiger partial charge is 0.265 e. The first-order valence-electron chi connectivity index (χ1n) is 11.7. The molecule has 1 atom stereocenters. The molecule has 0 saturated heterocycles. The molecule has 2 amide bonds. The average molecular weight is 577 g/mol. The minimum atomic E-state index is -4.25. The Hall–Kier alpha value is -3.27. The van der Waals surface area contributed by atoms with Gasteiger partial charge < -0.3 is 15.0 Å². The second kappa shape index (κ2) is 10.5. The maximum atomic E-state index is 14.2. The van der Waals surface area contributed by atoms with Crippen molar-refractivity contribution >= 4 is 62.1 Å². The maximum Gasteiger partial charge on any atom is 0.265 e. The molecule has 11 heteroatoms. The highest BCUT2D eigenvalue weighted by molar-refractivity contribution is 7.93. The predicted octanol–water partition coefficient (Wildman–Crippen LogP) is 5.50. The van der Waals surface area contributed by atoms with E-state index >= 15 is 0 Å². The van der Waals surface area contributed by atoms with Crippen LogP contribution < -0.4 is 19.3 Å². The van der Waals surface area contributed by atoms with Crippen molar-refractivity contribution in [3.05, 3.63) is 75.3 Å². The lowest BCUT2D eigenvalue weighted by Crippen LogP contribution is -2.53. The second-order valence-corrected chi connectivity index (χ2v) is 11.7. The first-order chi connectivity index (χ1) is 17.9. The monoisotopic (exact) mass is 575 g/mol. The van der Waals surface area contributed by atoms with E-state index in [2.05, 4.69) is 5.32 Å².